The van der Waals surface area contributed by atoms with Crippen LogP contribution in [-0.4, -0.2) is 48.8 Å². The van der Waals surface area contributed by atoms with Gasteiger partial charge >= 0.3 is 6.18 Å². The van der Waals surface area contributed by atoms with Gasteiger partial charge in [-0.1, -0.05) is 12.1 Å². The second-order valence-electron chi connectivity index (χ2n) is 10.1. The summed E-state index contributed by atoms with van der Waals surface area (Å²) in [6, 6.07) is 13.4. The first-order valence-electron chi connectivity index (χ1n) is 12.9. The van der Waals surface area contributed by atoms with Crippen molar-refractivity contribution in [3.05, 3.63) is 82.7 Å². The summed E-state index contributed by atoms with van der Waals surface area (Å²) in [5, 5.41) is 5.91. The topological polar surface area (TPSA) is 78.9 Å². The van der Waals surface area contributed by atoms with E-state index in [1.807, 2.05) is 24.3 Å². The Morgan fingerprint density at radius 2 is 1.92 bits per heavy atom. The number of nitrogens with one attached hydrogen (secondary N) is 2. The van der Waals surface area contributed by atoms with Gasteiger partial charge in [0.25, 0.3) is 0 Å². The zero-order chi connectivity index (χ0) is 27.6. The lowest BCUT2D eigenvalue weighted by molar-refractivity contribution is -0.138. The molecule has 1 aliphatic carbocycles. The minimum absolute atomic E-state index is 0.146. The number of aryl methyl sites for hydroxylation is 1. The third-order valence-corrected chi connectivity index (χ3v) is 6.83. The number of carbonyl (C=O) groups is 1. The average molecular weight is 538 g/mol. The fourth-order valence-corrected chi connectivity index (χ4v) is 4.97. The van der Waals surface area contributed by atoms with Crippen molar-refractivity contribution in [2.45, 2.75) is 32.0 Å². The SMILES string of the molecule is CN(C)Cc1ccc(NC(=O)C2CCc3ccc(Oc4ccnc(C5=NCCN5)c4)cc3C2)cc1C(F)(F)F. The third-order valence-electron chi connectivity index (χ3n) is 6.83. The molecule has 2 aliphatic rings. The smallest absolute Gasteiger partial charge is 0.416 e. The number of aromatic nitrogens is 1. The van der Waals surface area contributed by atoms with E-state index in [1.165, 1.54) is 12.1 Å². The van der Waals surface area contributed by atoms with Crippen molar-refractivity contribution in [1.29, 1.82) is 0 Å². The molecular formula is C29H30F3N5O2. The van der Waals surface area contributed by atoms with Crippen molar-refractivity contribution < 1.29 is 22.7 Å². The van der Waals surface area contributed by atoms with Crippen LogP contribution in [0.2, 0.25) is 0 Å². The highest BCUT2D eigenvalue weighted by Gasteiger charge is 2.34. The summed E-state index contributed by atoms with van der Waals surface area (Å²) in [7, 11) is 3.43. The van der Waals surface area contributed by atoms with Crippen LogP contribution in [0.1, 0.15) is 34.4 Å². The molecule has 0 fully saturated rings. The maximum atomic E-state index is 13.7. The second-order valence-corrected chi connectivity index (χ2v) is 10.1. The molecule has 5 rings (SSSR count). The molecule has 0 bridgehead atoms. The van der Waals surface area contributed by atoms with E-state index < -0.39 is 11.7 Å². The summed E-state index contributed by atoms with van der Waals surface area (Å²) in [6.45, 7) is 1.65. The molecule has 1 aromatic heterocycles. The Balaban J connectivity index is 1.28. The number of carbonyl (C=O) groups excluding carboxylic acids is 1. The molecule has 0 saturated carbocycles. The van der Waals surface area contributed by atoms with Crippen molar-refractivity contribution in [2.75, 3.05) is 32.5 Å². The number of amides is 1. The third kappa shape index (κ3) is 6.39. The molecule has 2 heterocycles. The zero-order valence-electron chi connectivity index (χ0n) is 21.8. The van der Waals surface area contributed by atoms with Gasteiger partial charge in [0.05, 0.1) is 12.1 Å². The van der Waals surface area contributed by atoms with Gasteiger partial charge in [0.2, 0.25) is 5.91 Å². The van der Waals surface area contributed by atoms with Crippen molar-refractivity contribution in [3.8, 4) is 11.5 Å². The van der Waals surface area contributed by atoms with Gasteiger partial charge in [-0.05, 0) is 80.4 Å². The van der Waals surface area contributed by atoms with Gasteiger partial charge in [-0.3, -0.25) is 14.8 Å². The molecule has 1 amide bonds. The summed E-state index contributed by atoms with van der Waals surface area (Å²) in [4.78, 5) is 23.5. The number of anilines is 1. The van der Waals surface area contributed by atoms with E-state index in [4.69, 9.17) is 4.74 Å². The van der Waals surface area contributed by atoms with Crippen LogP contribution < -0.4 is 15.4 Å². The fourth-order valence-electron chi connectivity index (χ4n) is 4.97. The summed E-state index contributed by atoms with van der Waals surface area (Å²) >= 11 is 0. The largest absolute Gasteiger partial charge is 0.457 e. The van der Waals surface area contributed by atoms with Gasteiger partial charge in [-0.15, -0.1) is 0 Å². The molecule has 7 nitrogen and oxygen atoms in total. The van der Waals surface area contributed by atoms with Crippen LogP contribution in [0.15, 0.2) is 59.7 Å². The van der Waals surface area contributed by atoms with Crippen molar-refractivity contribution in [1.82, 2.24) is 15.2 Å². The molecule has 1 unspecified atom stereocenters. The molecule has 2 N–H and O–H groups in total. The lowest BCUT2D eigenvalue weighted by Crippen LogP contribution is -2.28. The molecule has 1 atom stereocenters. The van der Waals surface area contributed by atoms with E-state index in [0.29, 0.717) is 43.0 Å². The Morgan fingerprint density at radius 3 is 2.67 bits per heavy atom. The van der Waals surface area contributed by atoms with Crippen LogP contribution in [0, 0.1) is 5.92 Å². The first kappa shape index (κ1) is 26.7. The first-order chi connectivity index (χ1) is 18.7. The normalized spacial score (nSPS) is 16.9. The van der Waals surface area contributed by atoms with E-state index in [2.05, 4.69) is 20.6 Å². The lowest BCUT2D eigenvalue weighted by Gasteiger charge is -2.25. The summed E-state index contributed by atoms with van der Waals surface area (Å²) in [5.74, 6) is 1.36. The van der Waals surface area contributed by atoms with Crippen molar-refractivity contribution >= 4 is 17.4 Å². The lowest BCUT2D eigenvalue weighted by atomic mass is 9.83. The molecule has 10 heteroatoms. The summed E-state index contributed by atoms with van der Waals surface area (Å²) in [6.07, 6.45) is -1.04. The minimum Gasteiger partial charge on any atom is -0.457 e. The molecule has 39 heavy (non-hydrogen) atoms. The predicted molar refractivity (Wildman–Crippen MR) is 143 cm³/mol. The second kappa shape index (κ2) is 11.1. The monoisotopic (exact) mass is 537 g/mol. The maximum absolute atomic E-state index is 13.7. The maximum Gasteiger partial charge on any atom is 0.416 e. The van der Waals surface area contributed by atoms with Crippen LogP contribution in [0.25, 0.3) is 0 Å². The highest BCUT2D eigenvalue weighted by Crippen LogP contribution is 2.35. The van der Waals surface area contributed by atoms with Gasteiger partial charge in [0.15, 0.2) is 0 Å². The molecular weight excluding hydrogens is 507 g/mol. The highest BCUT2D eigenvalue weighted by molar-refractivity contribution is 5.98. The number of ether oxygens (including phenoxy) is 1. The van der Waals surface area contributed by atoms with Crippen molar-refractivity contribution in [2.24, 2.45) is 10.9 Å². The fraction of sp³-hybridized carbons (Fsp3) is 0.345. The van der Waals surface area contributed by atoms with Gasteiger partial charge < -0.3 is 20.3 Å². The number of amidine groups is 1. The van der Waals surface area contributed by atoms with Crippen LogP contribution in [0.3, 0.4) is 0 Å². The Kier molecular flexibility index (Phi) is 7.56. The Labute approximate surface area is 225 Å². The number of halogens is 3. The molecule has 204 valence electrons. The first-order valence-corrected chi connectivity index (χ1v) is 12.9. The van der Waals surface area contributed by atoms with Gasteiger partial charge in [0.1, 0.15) is 23.0 Å². The van der Waals surface area contributed by atoms with E-state index in [0.717, 1.165) is 29.6 Å². The van der Waals surface area contributed by atoms with E-state index in [1.54, 1.807) is 31.3 Å². The standard InChI is InChI=1S/C29H30F3N5O2/c1-37(2)17-20-5-7-22(15-25(20)29(30,31)32)36-28(38)19-4-3-18-6-8-23(14-21(18)13-19)39-24-9-10-33-26(16-24)27-34-11-12-35-27/h5-10,14-16,19H,3-4,11-13,17H2,1-2H3,(H,34,35)(H,36,38). The predicted octanol–water partition coefficient (Wildman–Crippen LogP) is 5.05. The van der Waals surface area contributed by atoms with Crippen LogP contribution >= 0.6 is 0 Å². The molecule has 0 spiro atoms. The Morgan fingerprint density at radius 1 is 1.10 bits per heavy atom. The number of benzene rings is 2. The van der Waals surface area contributed by atoms with Gasteiger partial charge in [0, 0.05) is 37.0 Å². The number of hydrogen-bond acceptors (Lipinski definition) is 6. The molecule has 3 aromatic rings. The quantitative estimate of drug-likeness (QED) is 0.441. The minimum atomic E-state index is -4.51. The number of alkyl halides is 3. The average Bonchev–Trinajstić information content (AvgIpc) is 3.44. The van der Waals surface area contributed by atoms with Crippen LogP contribution in [-0.2, 0) is 30.4 Å². The number of pyridine rings is 1. The van der Waals surface area contributed by atoms with E-state index >= 15 is 0 Å². The van der Waals surface area contributed by atoms with Crippen molar-refractivity contribution in [3.63, 3.8) is 0 Å². The summed E-state index contributed by atoms with van der Waals surface area (Å²) in [5.41, 5.74) is 2.42. The Hall–Kier alpha value is -3.92. The number of aliphatic imine (C=N–C) groups is 1. The molecule has 0 radical (unpaired) electrons. The van der Waals surface area contributed by atoms with Crippen LogP contribution in [0.5, 0.6) is 11.5 Å². The van der Waals surface area contributed by atoms with Crippen LogP contribution in [0.4, 0.5) is 18.9 Å². The highest BCUT2D eigenvalue weighted by atomic mass is 19.4. The summed E-state index contributed by atoms with van der Waals surface area (Å²) < 4.78 is 47.1. The number of rotatable bonds is 7. The van der Waals surface area contributed by atoms with Gasteiger partial charge in [-0.25, -0.2) is 0 Å². The molecule has 0 saturated heterocycles. The number of nitrogens with zero attached hydrogens (tertiary/aromatic N) is 3. The van der Waals surface area contributed by atoms with E-state index in [-0.39, 0.29) is 29.6 Å². The van der Waals surface area contributed by atoms with Gasteiger partial charge in [-0.2, -0.15) is 13.2 Å². The molecule has 2 aromatic carbocycles. The Bertz CT molecular complexity index is 1400. The number of hydrogen-bond donors (Lipinski definition) is 2. The zero-order valence-corrected chi connectivity index (χ0v) is 21.8. The number of fused-ring (bicyclic) bond motifs is 1. The molecule has 1 aliphatic heterocycles. The van der Waals surface area contributed by atoms with E-state index in [9.17, 15) is 18.0 Å².